The molecule has 0 amide bonds. The molecule has 2 heteroatoms. The van der Waals surface area contributed by atoms with Crippen molar-refractivity contribution in [2.24, 2.45) is 23.1 Å². The van der Waals surface area contributed by atoms with Gasteiger partial charge in [-0.25, -0.2) is 0 Å². The van der Waals surface area contributed by atoms with Crippen LogP contribution in [0.1, 0.15) is 58.8 Å². The summed E-state index contributed by atoms with van der Waals surface area (Å²) < 4.78 is 0. The van der Waals surface area contributed by atoms with E-state index >= 15 is 0 Å². The summed E-state index contributed by atoms with van der Waals surface area (Å²) in [6.45, 7) is 4.73. The first-order valence-corrected chi connectivity index (χ1v) is 6.65. The zero-order valence-corrected chi connectivity index (χ0v) is 10.3. The molecule has 2 rings (SSSR count). The molecule has 0 saturated heterocycles. The van der Waals surface area contributed by atoms with Gasteiger partial charge in [0.1, 0.15) is 0 Å². The molecule has 3 atom stereocenters. The van der Waals surface area contributed by atoms with Gasteiger partial charge in [-0.15, -0.1) is 0 Å². The van der Waals surface area contributed by atoms with Gasteiger partial charge < -0.3 is 0 Å². The minimum Gasteiger partial charge on any atom is -0.271 e. The monoisotopic (exact) mass is 210 g/mol. The minimum absolute atomic E-state index is 0.523. The van der Waals surface area contributed by atoms with Crippen LogP contribution < -0.4 is 11.3 Å². The molecule has 0 aromatic rings. The van der Waals surface area contributed by atoms with E-state index in [9.17, 15) is 0 Å². The Bertz CT molecular complexity index is 211. The van der Waals surface area contributed by atoms with Crippen LogP contribution in [0, 0.1) is 17.3 Å². The maximum Gasteiger partial charge on any atom is 0.0292 e. The molecule has 0 bridgehead atoms. The summed E-state index contributed by atoms with van der Waals surface area (Å²) in [5.41, 5.74) is 3.64. The molecule has 3 N–H and O–H groups in total. The van der Waals surface area contributed by atoms with Crippen molar-refractivity contribution in [3.8, 4) is 0 Å². The molecule has 3 unspecified atom stereocenters. The van der Waals surface area contributed by atoms with E-state index in [0.717, 1.165) is 11.8 Å². The molecule has 0 spiro atoms. The molecule has 2 aliphatic carbocycles. The highest BCUT2D eigenvalue weighted by Gasteiger charge is 2.48. The molecular formula is C13H26N2. The molecular weight excluding hydrogens is 184 g/mol. The fraction of sp³-hybridized carbons (Fsp3) is 1.00. The van der Waals surface area contributed by atoms with Crippen LogP contribution in [0.15, 0.2) is 0 Å². The van der Waals surface area contributed by atoms with Gasteiger partial charge in [0.25, 0.3) is 0 Å². The van der Waals surface area contributed by atoms with Crippen molar-refractivity contribution in [2.75, 3.05) is 0 Å². The predicted octanol–water partition coefficient (Wildman–Crippen LogP) is 2.83. The predicted molar refractivity (Wildman–Crippen MR) is 64.2 cm³/mol. The number of hydrogen-bond donors (Lipinski definition) is 2. The van der Waals surface area contributed by atoms with Crippen molar-refractivity contribution in [2.45, 2.75) is 64.8 Å². The first-order chi connectivity index (χ1) is 7.19. The van der Waals surface area contributed by atoms with Gasteiger partial charge in [0.05, 0.1) is 0 Å². The average molecular weight is 210 g/mol. The number of nitrogens with one attached hydrogen (secondary N) is 1. The first-order valence-electron chi connectivity index (χ1n) is 6.65. The van der Waals surface area contributed by atoms with E-state index in [0.29, 0.717) is 11.5 Å². The van der Waals surface area contributed by atoms with Crippen LogP contribution in [-0.2, 0) is 0 Å². The Morgan fingerprint density at radius 1 is 1.40 bits per heavy atom. The summed E-state index contributed by atoms with van der Waals surface area (Å²) in [5.74, 6) is 7.56. The lowest BCUT2D eigenvalue weighted by molar-refractivity contribution is 0.164. The number of hydrogen-bond acceptors (Lipinski definition) is 2. The third kappa shape index (κ3) is 2.36. The molecule has 0 aromatic heterocycles. The molecule has 0 heterocycles. The summed E-state index contributed by atoms with van der Waals surface area (Å²) >= 11 is 0. The molecule has 0 aliphatic heterocycles. The second-order valence-corrected chi connectivity index (χ2v) is 6.00. The van der Waals surface area contributed by atoms with Gasteiger partial charge in [-0.1, -0.05) is 33.1 Å². The zero-order valence-electron chi connectivity index (χ0n) is 10.3. The van der Waals surface area contributed by atoms with E-state index in [2.05, 4.69) is 19.3 Å². The van der Waals surface area contributed by atoms with E-state index < -0.39 is 0 Å². The first kappa shape index (κ1) is 11.4. The third-order valence-corrected chi connectivity index (χ3v) is 4.84. The molecule has 15 heavy (non-hydrogen) atoms. The SMILES string of the molecule is CCC1CCCC(C(NN)C2(C)CC2)C1. The highest BCUT2D eigenvalue weighted by atomic mass is 15.2. The van der Waals surface area contributed by atoms with Crippen LogP contribution in [0.4, 0.5) is 0 Å². The van der Waals surface area contributed by atoms with Crippen LogP contribution in [0.5, 0.6) is 0 Å². The van der Waals surface area contributed by atoms with Gasteiger partial charge in [0.2, 0.25) is 0 Å². The third-order valence-electron chi connectivity index (χ3n) is 4.84. The van der Waals surface area contributed by atoms with E-state index in [1.165, 1.54) is 44.9 Å². The zero-order chi connectivity index (χ0) is 10.9. The molecule has 2 nitrogen and oxygen atoms in total. The lowest BCUT2D eigenvalue weighted by Gasteiger charge is -2.37. The van der Waals surface area contributed by atoms with Gasteiger partial charge >= 0.3 is 0 Å². The van der Waals surface area contributed by atoms with Crippen molar-refractivity contribution in [3.05, 3.63) is 0 Å². The lowest BCUT2D eigenvalue weighted by atomic mass is 9.73. The second kappa shape index (κ2) is 4.42. The van der Waals surface area contributed by atoms with Crippen molar-refractivity contribution in [1.29, 1.82) is 0 Å². The summed E-state index contributed by atoms with van der Waals surface area (Å²) in [4.78, 5) is 0. The lowest BCUT2D eigenvalue weighted by Crippen LogP contribution is -2.47. The van der Waals surface area contributed by atoms with Crippen molar-refractivity contribution in [3.63, 3.8) is 0 Å². The van der Waals surface area contributed by atoms with E-state index in [4.69, 9.17) is 5.84 Å². The number of nitrogens with two attached hydrogens (primary N) is 1. The number of rotatable bonds is 4. The van der Waals surface area contributed by atoms with Gasteiger partial charge in [-0.05, 0) is 42.9 Å². The van der Waals surface area contributed by atoms with Crippen LogP contribution in [0.25, 0.3) is 0 Å². The standard InChI is InChI=1S/C13H26N2/c1-3-10-5-4-6-11(9-10)12(15-14)13(2)7-8-13/h10-12,15H,3-9,14H2,1-2H3. The second-order valence-electron chi connectivity index (χ2n) is 6.00. The fourth-order valence-corrected chi connectivity index (χ4v) is 3.42. The molecule has 0 radical (unpaired) electrons. The van der Waals surface area contributed by atoms with E-state index in [1.54, 1.807) is 0 Å². The van der Waals surface area contributed by atoms with Crippen molar-refractivity contribution in [1.82, 2.24) is 5.43 Å². The van der Waals surface area contributed by atoms with Gasteiger partial charge in [0, 0.05) is 6.04 Å². The summed E-state index contributed by atoms with van der Waals surface area (Å²) in [6.07, 6.45) is 9.75. The smallest absolute Gasteiger partial charge is 0.0292 e. The highest BCUT2D eigenvalue weighted by molar-refractivity contribution is 5.01. The fourth-order valence-electron chi connectivity index (χ4n) is 3.42. The van der Waals surface area contributed by atoms with Crippen molar-refractivity contribution < 1.29 is 0 Å². The van der Waals surface area contributed by atoms with Crippen LogP contribution >= 0.6 is 0 Å². The Labute approximate surface area is 94.0 Å². The molecule has 2 fully saturated rings. The number of hydrazine groups is 1. The largest absolute Gasteiger partial charge is 0.271 e. The Kier molecular flexibility index (Phi) is 3.36. The molecule has 2 aliphatic rings. The van der Waals surface area contributed by atoms with E-state index in [-0.39, 0.29) is 0 Å². The highest BCUT2D eigenvalue weighted by Crippen LogP contribution is 2.52. The quantitative estimate of drug-likeness (QED) is 0.553. The van der Waals surface area contributed by atoms with Gasteiger partial charge in [-0.3, -0.25) is 11.3 Å². The summed E-state index contributed by atoms with van der Waals surface area (Å²) in [7, 11) is 0. The van der Waals surface area contributed by atoms with Crippen LogP contribution in [0.3, 0.4) is 0 Å². The van der Waals surface area contributed by atoms with Crippen LogP contribution in [0.2, 0.25) is 0 Å². The minimum atomic E-state index is 0.523. The molecule has 2 saturated carbocycles. The summed E-state index contributed by atoms with van der Waals surface area (Å²) in [5, 5.41) is 0. The van der Waals surface area contributed by atoms with E-state index in [1.807, 2.05) is 0 Å². The Morgan fingerprint density at radius 2 is 2.13 bits per heavy atom. The average Bonchev–Trinajstić information content (AvgIpc) is 2.98. The topological polar surface area (TPSA) is 38.0 Å². The van der Waals surface area contributed by atoms with Crippen LogP contribution in [-0.4, -0.2) is 6.04 Å². The Balaban J connectivity index is 1.95. The normalized spacial score (nSPS) is 36.2. The molecule has 88 valence electrons. The maximum absolute atomic E-state index is 5.77. The Hall–Kier alpha value is -0.0800. The molecule has 0 aromatic carbocycles. The van der Waals surface area contributed by atoms with Gasteiger partial charge in [0.15, 0.2) is 0 Å². The van der Waals surface area contributed by atoms with Gasteiger partial charge in [-0.2, -0.15) is 0 Å². The maximum atomic E-state index is 5.77. The van der Waals surface area contributed by atoms with Crippen molar-refractivity contribution >= 4 is 0 Å². The Morgan fingerprint density at radius 3 is 2.67 bits per heavy atom. The summed E-state index contributed by atoms with van der Waals surface area (Å²) in [6, 6.07) is 0.576.